The molecule has 204 valence electrons. The SMILES string of the molecule is C[N+](C)(C)Cc1ccccc1.C[N+](C)(C)Cc1ccccc1.C[N+](C)(C)Cc1ccccc1.[I-].[I-].[I-]. The number of quaternary nitrogens is 3. The van der Waals surface area contributed by atoms with Crippen molar-refractivity contribution >= 4 is 0 Å². The van der Waals surface area contributed by atoms with Crippen molar-refractivity contribution in [2.24, 2.45) is 0 Å². The van der Waals surface area contributed by atoms with Gasteiger partial charge < -0.3 is 85.4 Å². The molecule has 3 aromatic rings. The van der Waals surface area contributed by atoms with Crippen LogP contribution in [0.2, 0.25) is 0 Å². The van der Waals surface area contributed by atoms with Crippen molar-refractivity contribution < 1.29 is 85.4 Å². The van der Waals surface area contributed by atoms with Gasteiger partial charge in [0.15, 0.2) is 0 Å². The molecule has 36 heavy (non-hydrogen) atoms. The van der Waals surface area contributed by atoms with Crippen LogP contribution in [0.4, 0.5) is 0 Å². The highest BCUT2D eigenvalue weighted by Gasteiger charge is 2.08. The van der Waals surface area contributed by atoms with Gasteiger partial charge in [-0.15, -0.1) is 0 Å². The van der Waals surface area contributed by atoms with Crippen LogP contribution in [0.3, 0.4) is 0 Å². The van der Waals surface area contributed by atoms with Crippen LogP contribution in [0.25, 0.3) is 0 Å². The molecule has 0 unspecified atom stereocenters. The van der Waals surface area contributed by atoms with E-state index in [1.165, 1.54) is 16.7 Å². The molecule has 0 fully saturated rings. The van der Waals surface area contributed by atoms with Crippen molar-refractivity contribution in [1.29, 1.82) is 0 Å². The molecule has 0 heterocycles. The summed E-state index contributed by atoms with van der Waals surface area (Å²) in [7, 11) is 19.8. The number of benzene rings is 3. The topological polar surface area (TPSA) is 0 Å². The molecule has 0 aliphatic heterocycles. The highest BCUT2D eigenvalue weighted by molar-refractivity contribution is 5.14. The van der Waals surface area contributed by atoms with Gasteiger partial charge in [-0.3, -0.25) is 0 Å². The Morgan fingerprint density at radius 2 is 0.500 bits per heavy atom. The molecule has 0 amide bonds. The minimum absolute atomic E-state index is 0. The van der Waals surface area contributed by atoms with Crippen molar-refractivity contribution in [3.05, 3.63) is 108 Å². The lowest BCUT2D eigenvalue weighted by Crippen LogP contribution is -3.00. The van der Waals surface area contributed by atoms with Crippen molar-refractivity contribution in [1.82, 2.24) is 0 Å². The summed E-state index contributed by atoms with van der Waals surface area (Å²) in [5, 5.41) is 0. The summed E-state index contributed by atoms with van der Waals surface area (Å²) in [6, 6.07) is 31.7. The van der Waals surface area contributed by atoms with Gasteiger partial charge in [-0.05, 0) is 0 Å². The predicted molar refractivity (Wildman–Crippen MR) is 145 cm³/mol. The maximum Gasteiger partial charge on any atom is 0.104 e. The molecule has 3 rings (SSSR count). The summed E-state index contributed by atoms with van der Waals surface area (Å²) < 4.78 is 2.97. The Balaban J connectivity index is -0.000000436. The first-order valence-corrected chi connectivity index (χ1v) is 11.8. The maximum absolute atomic E-state index is 2.20. The zero-order chi connectivity index (χ0) is 25.0. The smallest absolute Gasteiger partial charge is 0.104 e. The molecule has 0 N–H and O–H groups in total. The Morgan fingerprint density at radius 1 is 0.333 bits per heavy atom. The van der Waals surface area contributed by atoms with Crippen molar-refractivity contribution in [3.63, 3.8) is 0 Å². The molecule has 0 atom stereocenters. The third-order valence-electron chi connectivity index (χ3n) is 4.50. The van der Waals surface area contributed by atoms with Crippen LogP contribution in [0, 0.1) is 0 Å². The van der Waals surface area contributed by atoms with E-state index >= 15 is 0 Å². The Morgan fingerprint density at radius 3 is 0.639 bits per heavy atom. The van der Waals surface area contributed by atoms with Crippen LogP contribution < -0.4 is 71.9 Å². The van der Waals surface area contributed by atoms with E-state index in [-0.39, 0.29) is 71.9 Å². The van der Waals surface area contributed by atoms with Crippen LogP contribution >= 0.6 is 0 Å². The highest BCUT2D eigenvalue weighted by atomic mass is 127. The zero-order valence-corrected chi connectivity index (χ0v) is 30.2. The van der Waals surface area contributed by atoms with Gasteiger partial charge in [-0.2, -0.15) is 0 Å². The summed E-state index contributed by atoms with van der Waals surface area (Å²) in [6.45, 7) is 3.29. The molecular weight excluding hydrogens is 783 g/mol. The first-order chi connectivity index (χ1) is 15.2. The molecule has 0 spiro atoms. The minimum atomic E-state index is 0. The molecule has 0 aromatic heterocycles. The van der Waals surface area contributed by atoms with Crippen molar-refractivity contribution in [2.45, 2.75) is 19.6 Å². The van der Waals surface area contributed by atoms with E-state index in [1.54, 1.807) is 0 Å². The fourth-order valence-corrected chi connectivity index (χ4v) is 3.39. The Hall–Kier alpha value is -0.270. The van der Waals surface area contributed by atoms with E-state index in [9.17, 15) is 0 Å². The fraction of sp³-hybridized carbons (Fsp3) is 0.400. The number of halogens is 3. The second kappa shape index (κ2) is 19.7. The summed E-state index contributed by atoms with van der Waals surface area (Å²) in [5.41, 5.74) is 4.21. The molecule has 0 bridgehead atoms. The summed E-state index contributed by atoms with van der Waals surface area (Å²) >= 11 is 0. The zero-order valence-electron chi connectivity index (χ0n) is 23.8. The quantitative estimate of drug-likeness (QED) is 0.181. The number of hydrogen-bond donors (Lipinski definition) is 0. The molecular formula is C30H48I3N3. The lowest BCUT2D eigenvalue weighted by Gasteiger charge is -2.23. The summed E-state index contributed by atoms with van der Waals surface area (Å²) in [4.78, 5) is 0. The second-order valence-electron chi connectivity index (χ2n) is 11.8. The van der Waals surface area contributed by atoms with E-state index in [0.29, 0.717) is 0 Å². The second-order valence-corrected chi connectivity index (χ2v) is 11.8. The average molecular weight is 831 g/mol. The Bertz CT molecular complexity index is 762. The Kier molecular flexibility index (Phi) is 22.1. The third-order valence-corrected chi connectivity index (χ3v) is 4.50. The van der Waals surface area contributed by atoms with Crippen molar-refractivity contribution in [3.8, 4) is 0 Å². The molecule has 6 heteroatoms. The third kappa shape index (κ3) is 24.1. The lowest BCUT2D eigenvalue weighted by atomic mass is 10.2. The summed E-state index contributed by atoms with van der Waals surface area (Å²) in [6.07, 6.45) is 0. The Labute approximate surface area is 273 Å². The average Bonchev–Trinajstić information content (AvgIpc) is 2.67. The standard InChI is InChI=1S/3C10H16N.3HI/c3*1-11(2,3)9-10-7-5-4-6-8-10;;;/h3*4-8H,9H2,1-3H3;3*1H/q3*+1;;;/p-3. The normalized spacial score (nSPS) is 10.6. The summed E-state index contributed by atoms with van der Waals surface area (Å²) in [5.74, 6) is 0. The first-order valence-electron chi connectivity index (χ1n) is 11.8. The first kappa shape index (κ1) is 40.2. The largest absolute Gasteiger partial charge is 1.00 e. The van der Waals surface area contributed by atoms with Gasteiger partial charge in [0.1, 0.15) is 19.6 Å². The molecule has 0 saturated carbocycles. The van der Waals surface area contributed by atoms with Gasteiger partial charge in [0, 0.05) is 16.7 Å². The number of nitrogens with zero attached hydrogens (tertiary/aromatic N) is 3. The number of rotatable bonds is 6. The van der Waals surface area contributed by atoms with Crippen LogP contribution in [0.1, 0.15) is 16.7 Å². The van der Waals surface area contributed by atoms with Gasteiger partial charge in [0.25, 0.3) is 0 Å². The van der Waals surface area contributed by atoms with E-state index < -0.39 is 0 Å². The van der Waals surface area contributed by atoms with Crippen molar-refractivity contribution in [2.75, 3.05) is 63.4 Å². The van der Waals surface area contributed by atoms with Gasteiger partial charge in [-0.25, -0.2) is 0 Å². The predicted octanol–water partition coefficient (Wildman–Crippen LogP) is -3.31. The van der Waals surface area contributed by atoms with E-state index in [0.717, 1.165) is 33.1 Å². The van der Waals surface area contributed by atoms with E-state index in [4.69, 9.17) is 0 Å². The molecule has 0 radical (unpaired) electrons. The molecule has 0 aliphatic carbocycles. The van der Waals surface area contributed by atoms with Gasteiger partial charge in [-0.1, -0.05) is 91.0 Å². The van der Waals surface area contributed by atoms with Crippen LogP contribution in [-0.2, 0) is 19.6 Å². The van der Waals surface area contributed by atoms with Gasteiger partial charge >= 0.3 is 0 Å². The van der Waals surface area contributed by atoms with Crippen LogP contribution in [-0.4, -0.2) is 76.9 Å². The maximum atomic E-state index is 2.20. The molecule has 0 saturated heterocycles. The van der Waals surface area contributed by atoms with E-state index in [1.807, 2.05) is 0 Å². The molecule has 3 nitrogen and oxygen atoms in total. The minimum Gasteiger partial charge on any atom is -1.00 e. The lowest BCUT2D eigenvalue weighted by molar-refractivity contribution is -0.884. The fourth-order valence-electron chi connectivity index (χ4n) is 3.39. The van der Waals surface area contributed by atoms with Crippen LogP contribution in [0.15, 0.2) is 91.0 Å². The van der Waals surface area contributed by atoms with Gasteiger partial charge in [0.2, 0.25) is 0 Å². The van der Waals surface area contributed by atoms with E-state index in [2.05, 4.69) is 154 Å². The number of hydrogen-bond acceptors (Lipinski definition) is 0. The monoisotopic (exact) mass is 831 g/mol. The molecule has 3 aromatic carbocycles. The highest BCUT2D eigenvalue weighted by Crippen LogP contribution is 2.06. The molecule has 0 aliphatic rings. The van der Waals surface area contributed by atoms with Gasteiger partial charge in [0.05, 0.1) is 63.4 Å². The van der Waals surface area contributed by atoms with Crippen LogP contribution in [0.5, 0.6) is 0 Å².